The van der Waals surface area contributed by atoms with E-state index < -0.39 is 5.54 Å². The van der Waals surface area contributed by atoms with Crippen molar-refractivity contribution in [2.45, 2.75) is 45.8 Å². The van der Waals surface area contributed by atoms with Crippen molar-refractivity contribution < 1.29 is 9.53 Å². The van der Waals surface area contributed by atoms with Crippen molar-refractivity contribution in [1.29, 1.82) is 5.26 Å². The Balaban J connectivity index is 1.35. The highest BCUT2D eigenvalue weighted by Gasteiger charge is 2.34. The normalized spacial score (nSPS) is 14.2. The average molecular weight is 567 g/mol. The van der Waals surface area contributed by atoms with Crippen LogP contribution in [0.4, 0.5) is 5.82 Å². The first kappa shape index (κ1) is 28.6. The molecular formula is C31H34N8O3. The molecule has 1 amide bonds. The van der Waals surface area contributed by atoms with Gasteiger partial charge < -0.3 is 20.7 Å². The molecule has 0 saturated carbocycles. The fraction of sp³-hybridized carbons (Fsp3) is 0.323. The summed E-state index contributed by atoms with van der Waals surface area (Å²) < 4.78 is 8.96. The summed E-state index contributed by atoms with van der Waals surface area (Å²) in [7, 11) is 0. The number of hydrogen-bond donors (Lipinski definition) is 2. The average Bonchev–Trinajstić information content (AvgIpc) is 3.21. The minimum atomic E-state index is -0.514. The largest absolute Gasteiger partial charge is 0.457 e. The summed E-state index contributed by atoms with van der Waals surface area (Å²) >= 11 is 0. The van der Waals surface area contributed by atoms with Crippen LogP contribution in [0.3, 0.4) is 0 Å². The number of hydrogen-bond acceptors (Lipinski definition) is 8. The molecule has 2 aromatic carbocycles. The van der Waals surface area contributed by atoms with Crippen LogP contribution in [-0.4, -0.2) is 54.6 Å². The molecule has 42 heavy (non-hydrogen) atoms. The molecule has 0 spiro atoms. The third-order valence-electron chi connectivity index (χ3n) is 7.01. The molecule has 0 radical (unpaired) electrons. The van der Waals surface area contributed by atoms with Gasteiger partial charge in [-0.05, 0) is 56.3 Å². The highest BCUT2D eigenvalue weighted by molar-refractivity contribution is 5.98. The minimum absolute atomic E-state index is 0.00489. The smallest absolute Gasteiger partial charge is 0.335 e. The predicted molar refractivity (Wildman–Crippen MR) is 160 cm³/mol. The molecule has 11 heteroatoms. The lowest BCUT2D eigenvalue weighted by Gasteiger charge is -2.39. The van der Waals surface area contributed by atoms with Gasteiger partial charge in [0.05, 0.1) is 5.69 Å². The van der Waals surface area contributed by atoms with Gasteiger partial charge in [0.15, 0.2) is 11.5 Å². The lowest BCUT2D eigenvalue weighted by Crippen LogP contribution is -2.52. The standard InChI is InChI=1S/C31H34N8O3/c1-20(2)36-31(3,4)14-22(15-32)29(40)37-16-21(17-37)18-38-28-26(27(33)34-19-35-28)39(30(38)41)23-10-12-25(13-11-23)42-24-8-6-5-7-9-24/h5-14,19-21,36H,16-18H2,1-4H3,(H2,33,34,35)/b22-14-. The Morgan fingerprint density at radius 2 is 1.81 bits per heavy atom. The van der Waals surface area contributed by atoms with Gasteiger partial charge in [0.2, 0.25) is 0 Å². The molecule has 0 unspecified atom stereocenters. The van der Waals surface area contributed by atoms with Crippen LogP contribution in [0.1, 0.15) is 27.7 Å². The maximum Gasteiger partial charge on any atom is 0.335 e. The van der Waals surface area contributed by atoms with Crippen molar-refractivity contribution in [2.24, 2.45) is 5.92 Å². The second kappa shape index (κ2) is 11.5. The van der Waals surface area contributed by atoms with Crippen molar-refractivity contribution in [1.82, 2.24) is 29.3 Å². The van der Waals surface area contributed by atoms with Crippen molar-refractivity contribution in [2.75, 3.05) is 18.8 Å². The van der Waals surface area contributed by atoms with E-state index in [1.165, 1.54) is 10.9 Å². The zero-order valence-corrected chi connectivity index (χ0v) is 24.1. The third-order valence-corrected chi connectivity index (χ3v) is 7.01. The number of para-hydroxylation sites is 1. The van der Waals surface area contributed by atoms with Crippen LogP contribution in [0, 0.1) is 17.2 Å². The van der Waals surface area contributed by atoms with E-state index >= 15 is 0 Å². The van der Waals surface area contributed by atoms with Crippen LogP contribution in [0.25, 0.3) is 16.9 Å². The number of carbonyl (C=O) groups is 1. The zero-order valence-electron chi connectivity index (χ0n) is 24.1. The molecule has 5 rings (SSSR count). The number of imidazole rings is 1. The summed E-state index contributed by atoms with van der Waals surface area (Å²) in [5.41, 5.74) is 6.94. The van der Waals surface area contributed by atoms with E-state index in [1.807, 2.05) is 58.0 Å². The van der Waals surface area contributed by atoms with Crippen molar-refractivity contribution in [3.05, 3.63) is 83.1 Å². The summed E-state index contributed by atoms with van der Waals surface area (Å²) in [5, 5.41) is 13.0. The van der Waals surface area contributed by atoms with Gasteiger partial charge in [0, 0.05) is 37.1 Å². The lowest BCUT2D eigenvalue weighted by molar-refractivity contribution is -0.133. The number of amides is 1. The number of anilines is 1. The fourth-order valence-electron chi connectivity index (χ4n) is 5.36. The Morgan fingerprint density at radius 1 is 1.14 bits per heavy atom. The Hall–Kier alpha value is -4.95. The third kappa shape index (κ3) is 5.89. The first-order valence-corrected chi connectivity index (χ1v) is 13.8. The van der Waals surface area contributed by atoms with Crippen LogP contribution >= 0.6 is 0 Å². The molecule has 2 aromatic heterocycles. The molecule has 1 saturated heterocycles. The lowest BCUT2D eigenvalue weighted by atomic mass is 9.96. The molecule has 1 aliphatic heterocycles. The molecule has 0 aliphatic carbocycles. The van der Waals surface area contributed by atoms with E-state index in [0.717, 1.165) is 0 Å². The highest BCUT2D eigenvalue weighted by Crippen LogP contribution is 2.27. The summed E-state index contributed by atoms with van der Waals surface area (Å²) in [6.07, 6.45) is 3.01. The van der Waals surface area contributed by atoms with Gasteiger partial charge in [-0.3, -0.25) is 13.9 Å². The first-order valence-electron chi connectivity index (χ1n) is 13.8. The van der Waals surface area contributed by atoms with Crippen LogP contribution in [0.2, 0.25) is 0 Å². The number of carbonyl (C=O) groups excluding carboxylic acids is 1. The molecule has 11 nitrogen and oxygen atoms in total. The molecule has 4 aromatic rings. The van der Waals surface area contributed by atoms with Gasteiger partial charge >= 0.3 is 5.69 Å². The molecule has 3 heterocycles. The Kier molecular flexibility index (Phi) is 7.83. The SMILES string of the molecule is CC(C)NC(C)(C)/C=C(/C#N)C(=O)N1CC(Cn2c(=O)n(-c3ccc(Oc4ccccc4)cc3)c3c(N)ncnc32)C1. The van der Waals surface area contributed by atoms with Crippen LogP contribution < -0.4 is 21.5 Å². The fourth-order valence-corrected chi connectivity index (χ4v) is 5.36. The monoisotopic (exact) mass is 566 g/mol. The predicted octanol–water partition coefficient (Wildman–Crippen LogP) is 3.64. The number of nitrogens with one attached hydrogen (secondary N) is 1. The molecule has 0 atom stereocenters. The second-order valence-corrected chi connectivity index (χ2v) is 11.3. The molecule has 0 bridgehead atoms. The zero-order chi connectivity index (χ0) is 30.0. The minimum Gasteiger partial charge on any atom is -0.457 e. The number of likely N-dealkylation sites (tertiary alicyclic amines) is 1. The summed E-state index contributed by atoms with van der Waals surface area (Å²) in [4.78, 5) is 36.9. The van der Waals surface area contributed by atoms with E-state index in [2.05, 4.69) is 21.4 Å². The number of fused-ring (bicyclic) bond motifs is 1. The molecule has 1 aliphatic rings. The van der Waals surface area contributed by atoms with Crippen LogP contribution in [-0.2, 0) is 11.3 Å². The van der Waals surface area contributed by atoms with Gasteiger partial charge in [-0.15, -0.1) is 0 Å². The number of nitriles is 1. The van der Waals surface area contributed by atoms with Crippen LogP contribution in [0.5, 0.6) is 11.5 Å². The molecule has 216 valence electrons. The molecule has 3 N–H and O–H groups in total. The van der Waals surface area contributed by atoms with Crippen molar-refractivity contribution in [3.8, 4) is 23.3 Å². The van der Waals surface area contributed by atoms with E-state index in [0.29, 0.717) is 48.0 Å². The molecular weight excluding hydrogens is 532 g/mol. The Morgan fingerprint density at radius 3 is 2.45 bits per heavy atom. The van der Waals surface area contributed by atoms with E-state index in [-0.39, 0.29) is 34.9 Å². The first-order chi connectivity index (χ1) is 20.1. The number of nitrogen functional groups attached to an aromatic ring is 1. The van der Waals surface area contributed by atoms with E-state index in [9.17, 15) is 14.9 Å². The van der Waals surface area contributed by atoms with Gasteiger partial charge in [-0.25, -0.2) is 14.8 Å². The van der Waals surface area contributed by atoms with Crippen molar-refractivity contribution in [3.63, 3.8) is 0 Å². The number of aromatic nitrogens is 4. The maximum absolute atomic E-state index is 13.7. The van der Waals surface area contributed by atoms with Gasteiger partial charge in [0.1, 0.15) is 35.0 Å². The summed E-state index contributed by atoms with van der Waals surface area (Å²) in [6, 6.07) is 18.8. The van der Waals surface area contributed by atoms with Crippen molar-refractivity contribution >= 4 is 22.9 Å². The number of nitrogens with zero attached hydrogens (tertiary/aromatic N) is 6. The van der Waals surface area contributed by atoms with Gasteiger partial charge in [-0.1, -0.05) is 32.0 Å². The number of ether oxygens (including phenoxy) is 1. The maximum atomic E-state index is 13.7. The second-order valence-electron chi connectivity index (χ2n) is 11.3. The Labute approximate surface area is 243 Å². The number of nitrogens with two attached hydrogens (primary N) is 1. The Bertz CT molecular complexity index is 1720. The topological polar surface area (TPSA) is 144 Å². The molecule has 1 fully saturated rings. The summed E-state index contributed by atoms with van der Waals surface area (Å²) in [6.45, 7) is 9.05. The van der Waals surface area contributed by atoms with E-state index in [4.69, 9.17) is 10.5 Å². The van der Waals surface area contributed by atoms with Gasteiger partial charge in [-0.2, -0.15) is 5.26 Å². The number of benzene rings is 2. The highest BCUT2D eigenvalue weighted by atomic mass is 16.5. The number of rotatable bonds is 9. The van der Waals surface area contributed by atoms with Crippen LogP contribution in [0.15, 0.2) is 77.4 Å². The van der Waals surface area contributed by atoms with Gasteiger partial charge in [0.25, 0.3) is 5.91 Å². The quantitative estimate of drug-likeness (QED) is 0.231. The van der Waals surface area contributed by atoms with E-state index in [1.54, 1.807) is 39.8 Å². The summed E-state index contributed by atoms with van der Waals surface area (Å²) in [5.74, 6) is 1.21.